The van der Waals surface area contributed by atoms with Gasteiger partial charge in [-0.1, -0.05) is 20.8 Å². The molecule has 1 saturated carbocycles. The maximum atomic E-state index is 12.0. The van der Waals surface area contributed by atoms with Gasteiger partial charge in [-0.15, -0.1) is 0 Å². The van der Waals surface area contributed by atoms with Gasteiger partial charge >= 0.3 is 0 Å². The largest absolute Gasteiger partial charge is 0.314 e. The third kappa shape index (κ3) is 3.60. The molecule has 0 heterocycles. The number of hydrogen-bond donors (Lipinski definition) is 1. The van der Waals surface area contributed by atoms with Crippen LogP contribution >= 0.6 is 0 Å². The molecular formula is C13H25NO. The molecule has 0 aromatic rings. The molecule has 1 aliphatic carbocycles. The van der Waals surface area contributed by atoms with Gasteiger partial charge in [-0.2, -0.15) is 0 Å². The van der Waals surface area contributed by atoms with Crippen LogP contribution in [0.3, 0.4) is 0 Å². The Hall–Kier alpha value is -0.370. The SMILES string of the molecule is CCNC1CCC(C(=O)C(C)CC)CC1. The topological polar surface area (TPSA) is 29.1 Å². The number of Topliss-reactive ketones (excluding diaryl/α,β-unsaturated/α-hetero) is 1. The maximum absolute atomic E-state index is 12.0. The zero-order chi connectivity index (χ0) is 11.3. The second-order valence-electron chi connectivity index (χ2n) is 4.82. The molecule has 1 fully saturated rings. The van der Waals surface area contributed by atoms with Crippen LogP contribution in [0, 0.1) is 11.8 Å². The predicted molar refractivity (Wildman–Crippen MR) is 63.9 cm³/mol. The smallest absolute Gasteiger partial charge is 0.138 e. The van der Waals surface area contributed by atoms with Crippen molar-refractivity contribution in [2.75, 3.05) is 6.54 Å². The summed E-state index contributed by atoms with van der Waals surface area (Å²) in [6.45, 7) is 7.37. The minimum absolute atomic E-state index is 0.269. The van der Waals surface area contributed by atoms with Crippen molar-refractivity contribution in [3.63, 3.8) is 0 Å². The van der Waals surface area contributed by atoms with E-state index in [2.05, 4.69) is 26.1 Å². The lowest BCUT2D eigenvalue weighted by atomic mass is 9.79. The average Bonchev–Trinajstić information content (AvgIpc) is 2.28. The Kier molecular flexibility index (Phi) is 5.30. The number of nitrogens with one attached hydrogen (secondary N) is 1. The fourth-order valence-electron chi connectivity index (χ4n) is 2.47. The second kappa shape index (κ2) is 6.26. The molecule has 1 N–H and O–H groups in total. The standard InChI is InChI=1S/C13H25NO/c1-4-10(3)13(15)11-6-8-12(9-7-11)14-5-2/h10-12,14H,4-9H2,1-3H3. The lowest BCUT2D eigenvalue weighted by Crippen LogP contribution is -2.35. The molecule has 0 aromatic heterocycles. The minimum Gasteiger partial charge on any atom is -0.314 e. The Labute approximate surface area is 93.8 Å². The van der Waals surface area contributed by atoms with Gasteiger partial charge in [-0.3, -0.25) is 4.79 Å². The van der Waals surface area contributed by atoms with Gasteiger partial charge in [-0.05, 0) is 38.6 Å². The van der Waals surface area contributed by atoms with Crippen molar-refractivity contribution in [2.24, 2.45) is 11.8 Å². The van der Waals surface area contributed by atoms with E-state index in [9.17, 15) is 4.79 Å². The van der Waals surface area contributed by atoms with Crippen LogP contribution in [0.15, 0.2) is 0 Å². The van der Waals surface area contributed by atoms with Crippen molar-refractivity contribution in [3.8, 4) is 0 Å². The summed E-state index contributed by atoms with van der Waals surface area (Å²) in [7, 11) is 0. The van der Waals surface area contributed by atoms with Crippen molar-refractivity contribution < 1.29 is 4.79 Å². The van der Waals surface area contributed by atoms with Crippen LogP contribution in [0.1, 0.15) is 52.9 Å². The van der Waals surface area contributed by atoms with E-state index < -0.39 is 0 Å². The van der Waals surface area contributed by atoms with E-state index in [0.717, 1.165) is 25.8 Å². The second-order valence-corrected chi connectivity index (χ2v) is 4.82. The Morgan fingerprint density at radius 1 is 1.27 bits per heavy atom. The summed E-state index contributed by atoms with van der Waals surface area (Å²) in [6.07, 6.45) is 5.55. The molecule has 0 spiro atoms. The number of carbonyl (C=O) groups excluding carboxylic acids is 1. The predicted octanol–water partition coefficient (Wildman–Crippen LogP) is 2.77. The Morgan fingerprint density at radius 3 is 2.33 bits per heavy atom. The third-order valence-electron chi connectivity index (χ3n) is 3.72. The molecule has 1 aliphatic rings. The van der Waals surface area contributed by atoms with Crippen LogP contribution in [0.5, 0.6) is 0 Å². The molecule has 0 aliphatic heterocycles. The van der Waals surface area contributed by atoms with E-state index in [0.29, 0.717) is 17.7 Å². The van der Waals surface area contributed by atoms with Crippen LogP contribution in [0.25, 0.3) is 0 Å². The molecule has 88 valence electrons. The van der Waals surface area contributed by atoms with Gasteiger partial charge in [0.2, 0.25) is 0 Å². The molecule has 0 aromatic carbocycles. The molecule has 1 unspecified atom stereocenters. The van der Waals surface area contributed by atoms with Crippen LogP contribution in [0.2, 0.25) is 0 Å². The van der Waals surface area contributed by atoms with E-state index in [1.165, 1.54) is 12.8 Å². The summed E-state index contributed by atoms with van der Waals surface area (Å²) in [6, 6.07) is 0.663. The van der Waals surface area contributed by atoms with Crippen molar-refractivity contribution in [3.05, 3.63) is 0 Å². The van der Waals surface area contributed by atoms with Crippen LogP contribution in [0.4, 0.5) is 0 Å². The molecule has 1 rings (SSSR count). The van der Waals surface area contributed by atoms with Gasteiger partial charge in [-0.25, -0.2) is 0 Å². The first-order valence-corrected chi connectivity index (χ1v) is 6.46. The van der Waals surface area contributed by atoms with Gasteiger partial charge in [0.05, 0.1) is 0 Å². The quantitative estimate of drug-likeness (QED) is 0.757. The number of carbonyl (C=O) groups is 1. The Balaban J connectivity index is 2.33. The summed E-state index contributed by atoms with van der Waals surface area (Å²) in [5.41, 5.74) is 0. The molecule has 0 radical (unpaired) electrons. The van der Waals surface area contributed by atoms with Gasteiger partial charge in [0.15, 0.2) is 0 Å². The molecular weight excluding hydrogens is 186 g/mol. The third-order valence-corrected chi connectivity index (χ3v) is 3.72. The first-order chi connectivity index (χ1) is 7.19. The van der Waals surface area contributed by atoms with Crippen LogP contribution in [-0.4, -0.2) is 18.4 Å². The zero-order valence-corrected chi connectivity index (χ0v) is 10.4. The van der Waals surface area contributed by atoms with Crippen LogP contribution < -0.4 is 5.32 Å². The molecule has 0 saturated heterocycles. The Bertz CT molecular complexity index is 195. The zero-order valence-electron chi connectivity index (χ0n) is 10.4. The van der Waals surface area contributed by atoms with Crippen molar-refractivity contribution in [1.29, 1.82) is 0 Å². The first-order valence-electron chi connectivity index (χ1n) is 6.46. The number of hydrogen-bond acceptors (Lipinski definition) is 2. The molecule has 0 amide bonds. The van der Waals surface area contributed by atoms with E-state index in [1.807, 2.05) is 0 Å². The van der Waals surface area contributed by atoms with Gasteiger partial charge in [0, 0.05) is 17.9 Å². The maximum Gasteiger partial charge on any atom is 0.138 e. The van der Waals surface area contributed by atoms with Gasteiger partial charge in [0.1, 0.15) is 5.78 Å². The van der Waals surface area contributed by atoms with Crippen molar-refractivity contribution in [2.45, 2.75) is 58.9 Å². The van der Waals surface area contributed by atoms with E-state index in [4.69, 9.17) is 0 Å². The highest BCUT2D eigenvalue weighted by atomic mass is 16.1. The molecule has 15 heavy (non-hydrogen) atoms. The highest BCUT2D eigenvalue weighted by Gasteiger charge is 2.27. The number of rotatable bonds is 5. The molecule has 2 nitrogen and oxygen atoms in total. The normalized spacial score (nSPS) is 28.7. The number of ketones is 1. The highest BCUT2D eigenvalue weighted by Crippen LogP contribution is 2.27. The summed E-state index contributed by atoms with van der Waals surface area (Å²) in [5, 5.41) is 3.48. The van der Waals surface area contributed by atoms with E-state index in [-0.39, 0.29) is 5.92 Å². The fraction of sp³-hybridized carbons (Fsp3) is 0.923. The monoisotopic (exact) mass is 211 g/mol. The fourth-order valence-corrected chi connectivity index (χ4v) is 2.47. The summed E-state index contributed by atoms with van der Waals surface area (Å²) < 4.78 is 0. The highest BCUT2D eigenvalue weighted by molar-refractivity contribution is 5.83. The van der Waals surface area contributed by atoms with Gasteiger partial charge in [0.25, 0.3) is 0 Å². The van der Waals surface area contributed by atoms with Gasteiger partial charge < -0.3 is 5.32 Å². The van der Waals surface area contributed by atoms with Crippen LogP contribution in [-0.2, 0) is 4.79 Å². The van der Waals surface area contributed by atoms with Crippen molar-refractivity contribution >= 4 is 5.78 Å². The lowest BCUT2D eigenvalue weighted by Gasteiger charge is -2.29. The van der Waals surface area contributed by atoms with Crippen molar-refractivity contribution in [1.82, 2.24) is 5.32 Å². The summed E-state index contributed by atoms with van der Waals surface area (Å²) in [4.78, 5) is 12.0. The average molecular weight is 211 g/mol. The minimum atomic E-state index is 0.269. The summed E-state index contributed by atoms with van der Waals surface area (Å²) >= 11 is 0. The summed E-state index contributed by atoms with van der Waals surface area (Å²) in [5.74, 6) is 1.13. The van der Waals surface area contributed by atoms with E-state index >= 15 is 0 Å². The first kappa shape index (κ1) is 12.7. The Morgan fingerprint density at radius 2 is 1.87 bits per heavy atom. The molecule has 0 bridgehead atoms. The van der Waals surface area contributed by atoms with E-state index in [1.54, 1.807) is 0 Å². The lowest BCUT2D eigenvalue weighted by molar-refractivity contribution is -0.127. The molecule has 1 atom stereocenters. The molecule has 2 heteroatoms.